The van der Waals surface area contributed by atoms with Gasteiger partial charge in [-0.3, -0.25) is 4.79 Å². The Morgan fingerprint density at radius 2 is 2.07 bits per heavy atom. The van der Waals surface area contributed by atoms with E-state index in [1.807, 2.05) is 31.2 Å². The van der Waals surface area contributed by atoms with Gasteiger partial charge in [0, 0.05) is 15.7 Å². The van der Waals surface area contributed by atoms with Crippen LogP contribution < -0.4 is 0 Å². The Bertz CT molecular complexity index is 324. The molecule has 1 atom stereocenters. The van der Waals surface area contributed by atoms with Crippen LogP contribution >= 0.6 is 23.4 Å². The molecule has 0 saturated heterocycles. The van der Waals surface area contributed by atoms with Crippen molar-refractivity contribution in [2.75, 3.05) is 5.75 Å². The van der Waals surface area contributed by atoms with E-state index in [9.17, 15) is 4.79 Å². The number of hydrogen-bond donors (Lipinski definition) is 1. The van der Waals surface area contributed by atoms with Crippen LogP contribution in [0.4, 0.5) is 0 Å². The molecule has 0 aliphatic rings. The quantitative estimate of drug-likeness (QED) is 0.805. The number of carbonyl (C=O) groups is 1. The highest BCUT2D eigenvalue weighted by Crippen LogP contribution is 2.23. The molecule has 0 aliphatic heterocycles. The lowest BCUT2D eigenvalue weighted by atomic mass is 10.1. The molecule has 4 heteroatoms. The largest absolute Gasteiger partial charge is 0.481 e. The Morgan fingerprint density at radius 1 is 1.47 bits per heavy atom. The maximum Gasteiger partial charge on any atom is 0.307 e. The Morgan fingerprint density at radius 3 is 2.53 bits per heavy atom. The maximum absolute atomic E-state index is 10.8. The molecule has 0 aromatic heterocycles. The highest BCUT2D eigenvalue weighted by atomic mass is 35.5. The van der Waals surface area contributed by atoms with Crippen molar-refractivity contribution in [1.82, 2.24) is 0 Å². The first-order valence-corrected chi connectivity index (χ1v) is 6.11. The van der Waals surface area contributed by atoms with Crippen molar-refractivity contribution < 1.29 is 9.90 Å². The fourth-order valence-electron chi connectivity index (χ4n) is 1.09. The summed E-state index contributed by atoms with van der Waals surface area (Å²) in [6.07, 6.45) is 0.663. The van der Waals surface area contributed by atoms with Crippen molar-refractivity contribution in [3.8, 4) is 0 Å². The maximum atomic E-state index is 10.8. The molecule has 0 amide bonds. The van der Waals surface area contributed by atoms with Crippen molar-refractivity contribution in [3.63, 3.8) is 0 Å². The molecule has 0 bridgehead atoms. The third-order valence-corrected chi connectivity index (χ3v) is 3.53. The van der Waals surface area contributed by atoms with Gasteiger partial charge < -0.3 is 5.11 Å². The van der Waals surface area contributed by atoms with Crippen LogP contribution in [0.25, 0.3) is 0 Å². The number of carboxylic acid groups (broad SMARTS) is 1. The zero-order valence-corrected chi connectivity index (χ0v) is 10.0. The lowest BCUT2D eigenvalue weighted by molar-refractivity contribution is -0.140. The molecule has 0 radical (unpaired) electrons. The predicted octanol–water partition coefficient (Wildman–Crippen LogP) is 3.54. The summed E-state index contributed by atoms with van der Waals surface area (Å²) in [6.45, 7) is 1.89. The van der Waals surface area contributed by atoms with Gasteiger partial charge in [0.15, 0.2) is 0 Å². The van der Waals surface area contributed by atoms with Crippen LogP contribution in [0.5, 0.6) is 0 Å². The number of aliphatic carboxylic acids is 1. The van der Waals surface area contributed by atoms with Gasteiger partial charge in [-0.2, -0.15) is 0 Å². The first kappa shape index (κ1) is 12.4. The number of thioether (sulfide) groups is 1. The molecule has 0 heterocycles. The minimum atomic E-state index is -0.723. The molecule has 1 rings (SSSR count). The first-order valence-electron chi connectivity index (χ1n) is 4.74. The number of halogens is 1. The van der Waals surface area contributed by atoms with E-state index in [-0.39, 0.29) is 5.92 Å². The molecule has 15 heavy (non-hydrogen) atoms. The van der Waals surface area contributed by atoms with E-state index in [4.69, 9.17) is 16.7 Å². The third-order valence-electron chi connectivity index (χ3n) is 2.11. The SMILES string of the molecule is CCC(CSc1ccc(Cl)cc1)C(=O)O. The van der Waals surface area contributed by atoms with E-state index in [1.54, 1.807) is 11.8 Å². The van der Waals surface area contributed by atoms with Gasteiger partial charge in [-0.1, -0.05) is 18.5 Å². The molecule has 1 aromatic carbocycles. The van der Waals surface area contributed by atoms with Crippen LogP contribution in [0.15, 0.2) is 29.2 Å². The highest BCUT2D eigenvalue weighted by Gasteiger charge is 2.14. The minimum absolute atomic E-state index is 0.273. The highest BCUT2D eigenvalue weighted by molar-refractivity contribution is 7.99. The molecule has 0 fully saturated rings. The molecule has 82 valence electrons. The molecule has 0 saturated carbocycles. The standard InChI is InChI=1S/C11H13ClO2S/c1-2-8(11(13)14)7-15-10-5-3-9(12)4-6-10/h3-6,8H,2,7H2,1H3,(H,13,14). The van der Waals surface area contributed by atoms with Crippen LogP contribution in [-0.4, -0.2) is 16.8 Å². The second-order valence-corrected chi connectivity index (χ2v) is 4.74. The van der Waals surface area contributed by atoms with Gasteiger partial charge in [-0.25, -0.2) is 0 Å². The molecular weight excluding hydrogens is 232 g/mol. The van der Waals surface area contributed by atoms with Gasteiger partial charge in [-0.15, -0.1) is 11.8 Å². The fourth-order valence-corrected chi connectivity index (χ4v) is 2.32. The summed E-state index contributed by atoms with van der Waals surface area (Å²) in [6, 6.07) is 7.43. The van der Waals surface area contributed by atoms with Gasteiger partial charge in [0.2, 0.25) is 0 Å². The monoisotopic (exact) mass is 244 g/mol. The van der Waals surface area contributed by atoms with E-state index in [2.05, 4.69) is 0 Å². The van der Waals surface area contributed by atoms with Crippen molar-refractivity contribution in [1.29, 1.82) is 0 Å². The van der Waals surface area contributed by atoms with Crippen LogP contribution in [0.3, 0.4) is 0 Å². The van der Waals surface area contributed by atoms with Crippen molar-refractivity contribution in [2.45, 2.75) is 18.2 Å². The predicted molar refractivity (Wildman–Crippen MR) is 63.6 cm³/mol. The lowest BCUT2D eigenvalue weighted by Crippen LogP contribution is -2.14. The van der Waals surface area contributed by atoms with Gasteiger partial charge >= 0.3 is 5.97 Å². The minimum Gasteiger partial charge on any atom is -0.481 e. The van der Waals surface area contributed by atoms with Gasteiger partial charge in [0.25, 0.3) is 0 Å². The third kappa shape index (κ3) is 4.14. The second kappa shape index (κ2) is 6.03. The summed E-state index contributed by atoms with van der Waals surface area (Å²) < 4.78 is 0. The van der Waals surface area contributed by atoms with E-state index >= 15 is 0 Å². The molecule has 0 spiro atoms. The lowest BCUT2D eigenvalue weighted by Gasteiger charge is -2.08. The van der Waals surface area contributed by atoms with Crippen LogP contribution in [0, 0.1) is 5.92 Å². The molecule has 2 nitrogen and oxygen atoms in total. The Kier molecular flexibility index (Phi) is 4.99. The average molecular weight is 245 g/mol. The van der Waals surface area contributed by atoms with E-state index in [1.165, 1.54) is 0 Å². The Labute approximate surface area is 98.6 Å². The van der Waals surface area contributed by atoms with Gasteiger partial charge in [0.1, 0.15) is 0 Å². The number of hydrogen-bond acceptors (Lipinski definition) is 2. The van der Waals surface area contributed by atoms with Crippen LogP contribution in [0.2, 0.25) is 5.02 Å². The van der Waals surface area contributed by atoms with Gasteiger partial charge in [-0.05, 0) is 30.7 Å². The summed E-state index contributed by atoms with van der Waals surface area (Å²) in [5.41, 5.74) is 0. The molecular formula is C11H13ClO2S. The number of benzene rings is 1. The zero-order valence-electron chi connectivity index (χ0n) is 8.44. The average Bonchev–Trinajstić information content (AvgIpc) is 2.21. The number of rotatable bonds is 5. The van der Waals surface area contributed by atoms with Crippen molar-refractivity contribution >= 4 is 29.3 Å². The molecule has 1 unspecified atom stereocenters. The molecule has 1 N–H and O–H groups in total. The summed E-state index contributed by atoms with van der Waals surface area (Å²) in [5, 5.41) is 9.56. The molecule has 1 aromatic rings. The molecule has 0 aliphatic carbocycles. The number of carboxylic acids is 1. The smallest absolute Gasteiger partial charge is 0.307 e. The van der Waals surface area contributed by atoms with Crippen molar-refractivity contribution in [3.05, 3.63) is 29.3 Å². The summed E-state index contributed by atoms with van der Waals surface area (Å²) in [7, 11) is 0. The fraction of sp³-hybridized carbons (Fsp3) is 0.364. The zero-order chi connectivity index (χ0) is 11.3. The van der Waals surface area contributed by atoms with E-state index < -0.39 is 5.97 Å². The summed E-state index contributed by atoms with van der Waals surface area (Å²) in [5.74, 6) is -0.391. The topological polar surface area (TPSA) is 37.3 Å². The van der Waals surface area contributed by atoms with Crippen LogP contribution in [0.1, 0.15) is 13.3 Å². The first-order chi connectivity index (χ1) is 7.13. The van der Waals surface area contributed by atoms with E-state index in [0.717, 1.165) is 4.90 Å². The van der Waals surface area contributed by atoms with E-state index in [0.29, 0.717) is 17.2 Å². The van der Waals surface area contributed by atoms with Crippen LogP contribution in [-0.2, 0) is 4.79 Å². The summed E-state index contributed by atoms with van der Waals surface area (Å²) >= 11 is 7.30. The Balaban J connectivity index is 2.49. The Hall–Kier alpha value is -0.670. The second-order valence-electron chi connectivity index (χ2n) is 3.21. The van der Waals surface area contributed by atoms with Crippen molar-refractivity contribution in [2.24, 2.45) is 5.92 Å². The normalized spacial score (nSPS) is 12.4. The summed E-state index contributed by atoms with van der Waals surface area (Å²) in [4.78, 5) is 11.8. The van der Waals surface area contributed by atoms with Gasteiger partial charge in [0.05, 0.1) is 5.92 Å².